The zero-order valence-corrected chi connectivity index (χ0v) is 12.0. The van der Waals surface area contributed by atoms with Crippen molar-refractivity contribution in [2.75, 3.05) is 0 Å². The van der Waals surface area contributed by atoms with Crippen LogP contribution in [0.3, 0.4) is 0 Å². The molecule has 0 bridgehead atoms. The third-order valence-electron chi connectivity index (χ3n) is 3.66. The van der Waals surface area contributed by atoms with Gasteiger partial charge in [-0.25, -0.2) is 9.07 Å². The van der Waals surface area contributed by atoms with Crippen LogP contribution >= 0.6 is 0 Å². The van der Waals surface area contributed by atoms with Gasteiger partial charge in [0.2, 0.25) is 0 Å². The van der Waals surface area contributed by atoms with E-state index < -0.39 is 11.9 Å². The van der Waals surface area contributed by atoms with Crippen LogP contribution in [0, 0.1) is 12.7 Å². The number of hydrogen-bond donors (Lipinski definition) is 1. The number of rotatable bonds is 3. The topological polar surface area (TPSA) is 55.1 Å². The minimum absolute atomic E-state index is 0.0918. The van der Waals surface area contributed by atoms with E-state index in [-0.39, 0.29) is 17.7 Å². The van der Waals surface area contributed by atoms with E-state index in [4.69, 9.17) is 0 Å². The Balaban J connectivity index is 2.03. The summed E-state index contributed by atoms with van der Waals surface area (Å²) in [6.07, 6.45) is -1.13. The van der Waals surface area contributed by atoms with Crippen LogP contribution in [-0.4, -0.2) is 14.9 Å². The first-order chi connectivity index (χ1) is 10.6. The number of aliphatic hydroxyl groups excluding tert-OH is 1. The van der Waals surface area contributed by atoms with Crippen molar-refractivity contribution in [1.82, 2.24) is 9.78 Å². The van der Waals surface area contributed by atoms with Gasteiger partial charge in [-0.3, -0.25) is 4.79 Å². The molecule has 0 aliphatic heterocycles. The first-order valence-corrected chi connectivity index (χ1v) is 6.97. The van der Waals surface area contributed by atoms with Crippen LogP contribution in [0.25, 0.3) is 10.8 Å². The standard InChI is InChI=1S/C17H15FN2O2/c1-11-12-6-2-3-7-13(12)17(22)20(19-11)10-16(21)14-8-4-5-9-15(14)18/h2-9,16,21H,10H2,1H3/t16-/m1/s1. The number of benzene rings is 2. The Labute approximate surface area is 126 Å². The Bertz CT molecular complexity index is 889. The lowest BCUT2D eigenvalue weighted by Gasteiger charge is -2.14. The van der Waals surface area contributed by atoms with E-state index in [0.29, 0.717) is 11.1 Å². The van der Waals surface area contributed by atoms with Crippen molar-refractivity contribution in [3.63, 3.8) is 0 Å². The molecule has 0 aliphatic rings. The van der Waals surface area contributed by atoms with Gasteiger partial charge in [0, 0.05) is 10.9 Å². The zero-order valence-electron chi connectivity index (χ0n) is 12.0. The number of aromatic nitrogens is 2. The van der Waals surface area contributed by atoms with E-state index in [9.17, 15) is 14.3 Å². The fraction of sp³-hybridized carbons (Fsp3) is 0.176. The van der Waals surface area contributed by atoms with Gasteiger partial charge in [0.1, 0.15) is 11.9 Å². The maximum atomic E-state index is 13.7. The maximum Gasteiger partial charge on any atom is 0.274 e. The van der Waals surface area contributed by atoms with Crippen LogP contribution in [0.15, 0.2) is 53.3 Å². The monoisotopic (exact) mass is 298 g/mol. The molecule has 0 aliphatic carbocycles. The Morgan fingerprint density at radius 1 is 1.14 bits per heavy atom. The molecule has 0 radical (unpaired) electrons. The molecule has 5 heteroatoms. The third kappa shape index (κ3) is 2.51. The Morgan fingerprint density at radius 2 is 1.77 bits per heavy atom. The molecule has 0 spiro atoms. The second-order valence-electron chi connectivity index (χ2n) is 5.16. The first-order valence-electron chi connectivity index (χ1n) is 6.97. The lowest BCUT2D eigenvalue weighted by atomic mass is 10.1. The van der Waals surface area contributed by atoms with Crippen LogP contribution in [0.1, 0.15) is 17.4 Å². The van der Waals surface area contributed by atoms with Crippen molar-refractivity contribution in [3.8, 4) is 0 Å². The zero-order chi connectivity index (χ0) is 15.7. The van der Waals surface area contributed by atoms with Crippen molar-refractivity contribution in [2.24, 2.45) is 0 Å². The molecule has 0 saturated carbocycles. The average molecular weight is 298 g/mol. The smallest absolute Gasteiger partial charge is 0.274 e. The molecule has 1 heterocycles. The first kappa shape index (κ1) is 14.4. The molecule has 112 valence electrons. The molecule has 4 nitrogen and oxygen atoms in total. The molecule has 22 heavy (non-hydrogen) atoms. The van der Waals surface area contributed by atoms with Gasteiger partial charge in [0.15, 0.2) is 0 Å². The minimum atomic E-state index is -1.13. The lowest BCUT2D eigenvalue weighted by molar-refractivity contribution is 0.145. The Hall–Kier alpha value is -2.53. The molecule has 0 saturated heterocycles. The summed E-state index contributed by atoms with van der Waals surface area (Å²) in [6, 6.07) is 13.1. The van der Waals surface area contributed by atoms with Crippen molar-refractivity contribution in [2.45, 2.75) is 19.6 Å². The molecular weight excluding hydrogens is 283 g/mol. The predicted molar refractivity (Wildman–Crippen MR) is 82.1 cm³/mol. The minimum Gasteiger partial charge on any atom is -0.386 e. The van der Waals surface area contributed by atoms with Crippen LogP contribution < -0.4 is 5.56 Å². The van der Waals surface area contributed by atoms with Gasteiger partial charge >= 0.3 is 0 Å². The molecule has 0 unspecified atom stereocenters. The normalized spacial score (nSPS) is 12.5. The molecule has 1 aromatic heterocycles. The summed E-state index contributed by atoms with van der Waals surface area (Å²) in [4.78, 5) is 12.4. The lowest BCUT2D eigenvalue weighted by Crippen LogP contribution is -2.27. The highest BCUT2D eigenvalue weighted by molar-refractivity contribution is 5.83. The molecule has 0 amide bonds. The highest BCUT2D eigenvalue weighted by Crippen LogP contribution is 2.18. The van der Waals surface area contributed by atoms with Gasteiger partial charge in [-0.1, -0.05) is 36.4 Å². The SMILES string of the molecule is Cc1nn(C[C@@H](O)c2ccccc2F)c(=O)c2ccccc12. The Kier molecular flexibility index (Phi) is 3.73. The van der Waals surface area contributed by atoms with Gasteiger partial charge in [-0.05, 0) is 19.1 Å². The summed E-state index contributed by atoms with van der Waals surface area (Å²) < 4.78 is 14.9. The molecular formula is C17H15FN2O2. The van der Waals surface area contributed by atoms with E-state index in [2.05, 4.69) is 5.10 Å². The van der Waals surface area contributed by atoms with Gasteiger partial charge < -0.3 is 5.11 Å². The molecule has 3 rings (SSSR count). The number of fused-ring (bicyclic) bond motifs is 1. The van der Waals surface area contributed by atoms with Crippen molar-refractivity contribution in [3.05, 3.63) is 76.0 Å². The summed E-state index contributed by atoms with van der Waals surface area (Å²) in [5, 5.41) is 15.7. The summed E-state index contributed by atoms with van der Waals surface area (Å²) in [5.41, 5.74) is 0.550. The summed E-state index contributed by atoms with van der Waals surface area (Å²) in [5.74, 6) is -0.499. The van der Waals surface area contributed by atoms with Crippen LogP contribution in [0.2, 0.25) is 0 Å². The highest BCUT2D eigenvalue weighted by Gasteiger charge is 2.15. The molecule has 1 N–H and O–H groups in total. The second kappa shape index (κ2) is 5.69. The molecule has 1 atom stereocenters. The average Bonchev–Trinajstić information content (AvgIpc) is 2.52. The number of aliphatic hydroxyl groups is 1. The van der Waals surface area contributed by atoms with Gasteiger partial charge in [-0.15, -0.1) is 0 Å². The number of aryl methyl sites for hydroxylation is 1. The van der Waals surface area contributed by atoms with Gasteiger partial charge in [-0.2, -0.15) is 5.10 Å². The predicted octanol–water partition coefficient (Wildman–Crippen LogP) is 2.58. The largest absolute Gasteiger partial charge is 0.386 e. The molecule has 0 fully saturated rings. The van der Waals surface area contributed by atoms with E-state index in [1.54, 1.807) is 31.2 Å². The summed E-state index contributed by atoms with van der Waals surface area (Å²) in [6.45, 7) is 1.71. The van der Waals surface area contributed by atoms with Crippen LogP contribution in [0.5, 0.6) is 0 Å². The van der Waals surface area contributed by atoms with Gasteiger partial charge in [0.05, 0.1) is 17.6 Å². The molecule has 2 aromatic carbocycles. The van der Waals surface area contributed by atoms with Crippen LogP contribution in [-0.2, 0) is 6.54 Å². The van der Waals surface area contributed by atoms with E-state index in [0.717, 1.165) is 5.39 Å². The molecule has 3 aromatic rings. The third-order valence-corrected chi connectivity index (χ3v) is 3.66. The fourth-order valence-corrected chi connectivity index (χ4v) is 2.54. The highest BCUT2D eigenvalue weighted by atomic mass is 19.1. The maximum absolute atomic E-state index is 13.7. The number of halogens is 1. The fourth-order valence-electron chi connectivity index (χ4n) is 2.54. The number of hydrogen-bond acceptors (Lipinski definition) is 3. The Morgan fingerprint density at radius 3 is 2.50 bits per heavy atom. The van der Waals surface area contributed by atoms with E-state index >= 15 is 0 Å². The van der Waals surface area contributed by atoms with E-state index in [1.165, 1.54) is 16.8 Å². The second-order valence-corrected chi connectivity index (χ2v) is 5.16. The summed E-state index contributed by atoms with van der Waals surface area (Å²) >= 11 is 0. The van der Waals surface area contributed by atoms with E-state index in [1.807, 2.05) is 12.1 Å². The quantitative estimate of drug-likeness (QED) is 0.808. The number of nitrogens with zero attached hydrogens (tertiary/aromatic N) is 2. The van der Waals surface area contributed by atoms with Crippen molar-refractivity contribution < 1.29 is 9.50 Å². The van der Waals surface area contributed by atoms with Crippen LogP contribution in [0.4, 0.5) is 4.39 Å². The van der Waals surface area contributed by atoms with Crippen molar-refractivity contribution >= 4 is 10.8 Å². The summed E-state index contributed by atoms with van der Waals surface area (Å²) in [7, 11) is 0. The van der Waals surface area contributed by atoms with Crippen molar-refractivity contribution in [1.29, 1.82) is 0 Å². The van der Waals surface area contributed by atoms with Gasteiger partial charge in [0.25, 0.3) is 5.56 Å².